The highest BCUT2D eigenvalue weighted by atomic mass is 32.2. The van der Waals surface area contributed by atoms with Crippen molar-refractivity contribution in [1.82, 2.24) is 0 Å². The third-order valence-corrected chi connectivity index (χ3v) is 3.09. The van der Waals surface area contributed by atoms with Gasteiger partial charge in [-0.25, -0.2) is 8.42 Å². The molecule has 0 aliphatic rings. The van der Waals surface area contributed by atoms with Crippen molar-refractivity contribution in [1.29, 1.82) is 0 Å². The molecule has 0 unspecified atom stereocenters. The summed E-state index contributed by atoms with van der Waals surface area (Å²) in [5.41, 5.74) is 5.64. The first kappa shape index (κ1) is 9.95. The summed E-state index contributed by atoms with van der Waals surface area (Å²) in [7, 11) is -4.50. The maximum atomic E-state index is 10.9. The lowest BCUT2D eigenvalue weighted by atomic mass is 10.1. The third kappa shape index (κ3) is 1.67. The number of nitrogen functional groups attached to an aromatic ring is 1. The number of hydrogen-bond acceptors (Lipinski definition) is 4. The fourth-order valence-electron chi connectivity index (χ4n) is 1.49. The average molecular weight is 222 g/mol. The Morgan fingerprint density at radius 1 is 1.07 bits per heavy atom. The molecule has 78 valence electrons. The second-order valence-corrected chi connectivity index (χ2v) is 4.50. The molecule has 2 N–H and O–H groups in total. The van der Waals surface area contributed by atoms with Gasteiger partial charge in [0.2, 0.25) is 0 Å². The standard InChI is InChI=1S/C10H9NO3S/c11-10-8-4-2-1-3-7(8)5-6-9(10)15(12,13)14/h1-6H,11H2,(H,12,13,14)/p-1. The molecular formula is C10H8NO3S-. The van der Waals surface area contributed by atoms with Crippen LogP contribution >= 0.6 is 0 Å². The maximum Gasteiger partial charge on any atom is 0.126 e. The van der Waals surface area contributed by atoms with Crippen LogP contribution in [0.4, 0.5) is 5.69 Å². The highest BCUT2D eigenvalue weighted by molar-refractivity contribution is 7.86. The van der Waals surface area contributed by atoms with Gasteiger partial charge in [0, 0.05) is 5.39 Å². The minimum absolute atomic E-state index is 0.0168. The summed E-state index contributed by atoms with van der Waals surface area (Å²) in [6.07, 6.45) is 0. The minimum atomic E-state index is -4.50. The second kappa shape index (κ2) is 3.22. The molecule has 4 nitrogen and oxygen atoms in total. The quantitative estimate of drug-likeness (QED) is 0.582. The Labute approximate surface area is 87.1 Å². The van der Waals surface area contributed by atoms with Crippen molar-refractivity contribution in [3.8, 4) is 0 Å². The summed E-state index contributed by atoms with van der Waals surface area (Å²) >= 11 is 0. The predicted octanol–water partition coefficient (Wildman–Crippen LogP) is 1.33. The van der Waals surface area contributed by atoms with Gasteiger partial charge in [-0.15, -0.1) is 0 Å². The van der Waals surface area contributed by atoms with Crippen LogP contribution in [0.3, 0.4) is 0 Å². The normalized spacial score (nSPS) is 11.8. The summed E-state index contributed by atoms with van der Waals surface area (Å²) in [5.74, 6) is 0. The van der Waals surface area contributed by atoms with Crippen LogP contribution in [-0.4, -0.2) is 13.0 Å². The van der Waals surface area contributed by atoms with Gasteiger partial charge in [0.05, 0.1) is 10.6 Å². The smallest absolute Gasteiger partial charge is 0.126 e. The number of hydrogen-bond donors (Lipinski definition) is 1. The van der Waals surface area contributed by atoms with Gasteiger partial charge in [0.15, 0.2) is 0 Å². The first-order valence-electron chi connectivity index (χ1n) is 4.23. The van der Waals surface area contributed by atoms with Crippen molar-refractivity contribution in [2.45, 2.75) is 4.90 Å². The summed E-state index contributed by atoms with van der Waals surface area (Å²) in [4.78, 5) is -0.360. The fourth-order valence-corrected chi connectivity index (χ4v) is 2.11. The Hall–Kier alpha value is -1.59. The van der Waals surface area contributed by atoms with E-state index < -0.39 is 10.1 Å². The molecule has 0 aliphatic carbocycles. The largest absolute Gasteiger partial charge is 0.744 e. The topological polar surface area (TPSA) is 83.2 Å². The molecule has 0 radical (unpaired) electrons. The lowest BCUT2D eigenvalue weighted by Gasteiger charge is -2.11. The van der Waals surface area contributed by atoms with E-state index in [0.717, 1.165) is 5.39 Å². The van der Waals surface area contributed by atoms with Gasteiger partial charge in [0.1, 0.15) is 10.1 Å². The van der Waals surface area contributed by atoms with Crippen molar-refractivity contribution < 1.29 is 13.0 Å². The molecule has 0 bridgehead atoms. The highest BCUT2D eigenvalue weighted by Crippen LogP contribution is 2.27. The van der Waals surface area contributed by atoms with Gasteiger partial charge in [-0.3, -0.25) is 0 Å². The van der Waals surface area contributed by atoms with Crippen molar-refractivity contribution in [2.24, 2.45) is 0 Å². The number of fused-ring (bicyclic) bond motifs is 1. The molecule has 2 aromatic rings. The van der Waals surface area contributed by atoms with Crippen LogP contribution in [0, 0.1) is 0 Å². The van der Waals surface area contributed by atoms with E-state index >= 15 is 0 Å². The monoisotopic (exact) mass is 222 g/mol. The molecule has 2 rings (SSSR count). The van der Waals surface area contributed by atoms with Gasteiger partial charge in [-0.1, -0.05) is 30.3 Å². The van der Waals surface area contributed by atoms with E-state index in [2.05, 4.69) is 0 Å². The number of benzene rings is 2. The lowest BCUT2D eigenvalue weighted by molar-refractivity contribution is 0.463. The van der Waals surface area contributed by atoms with Crippen LogP contribution in [0.25, 0.3) is 10.8 Å². The molecule has 0 saturated carbocycles. The SMILES string of the molecule is Nc1c(S(=O)(=O)[O-])ccc2ccccc12. The van der Waals surface area contributed by atoms with Crippen molar-refractivity contribution >= 4 is 26.6 Å². The highest BCUT2D eigenvalue weighted by Gasteiger charge is 2.08. The Bertz CT molecular complexity index is 620. The Balaban J connectivity index is 2.88. The van der Waals surface area contributed by atoms with E-state index in [9.17, 15) is 13.0 Å². The van der Waals surface area contributed by atoms with Crippen LogP contribution in [0.1, 0.15) is 0 Å². The van der Waals surface area contributed by atoms with Gasteiger partial charge in [0.25, 0.3) is 0 Å². The van der Waals surface area contributed by atoms with Crippen molar-refractivity contribution in [2.75, 3.05) is 5.73 Å². The molecule has 0 saturated heterocycles. The van der Waals surface area contributed by atoms with E-state index in [4.69, 9.17) is 5.73 Å². The molecule has 0 heterocycles. The molecule has 15 heavy (non-hydrogen) atoms. The summed E-state index contributed by atoms with van der Waals surface area (Å²) in [6, 6.07) is 9.83. The summed E-state index contributed by atoms with van der Waals surface area (Å²) < 4.78 is 32.6. The van der Waals surface area contributed by atoms with E-state index in [1.807, 2.05) is 6.07 Å². The Kier molecular flexibility index (Phi) is 2.13. The van der Waals surface area contributed by atoms with E-state index in [0.29, 0.717) is 5.39 Å². The second-order valence-electron chi connectivity index (χ2n) is 3.15. The van der Waals surface area contributed by atoms with Crippen LogP contribution in [0.2, 0.25) is 0 Å². The van der Waals surface area contributed by atoms with Crippen LogP contribution in [0.15, 0.2) is 41.3 Å². The van der Waals surface area contributed by atoms with E-state index in [-0.39, 0.29) is 10.6 Å². The number of nitrogens with two attached hydrogens (primary N) is 1. The molecule has 0 amide bonds. The van der Waals surface area contributed by atoms with Gasteiger partial charge >= 0.3 is 0 Å². The number of anilines is 1. The van der Waals surface area contributed by atoms with Gasteiger partial charge in [-0.05, 0) is 11.5 Å². The van der Waals surface area contributed by atoms with E-state index in [1.54, 1.807) is 24.3 Å². The number of rotatable bonds is 1. The van der Waals surface area contributed by atoms with Crippen LogP contribution in [0.5, 0.6) is 0 Å². The van der Waals surface area contributed by atoms with Crippen LogP contribution in [-0.2, 0) is 10.1 Å². The Morgan fingerprint density at radius 3 is 2.40 bits per heavy atom. The van der Waals surface area contributed by atoms with Crippen molar-refractivity contribution in [3.05, 3.63) is 36.4 Å². The first-order chi connectivity index (χ1) is 7.00. The zero-order valence-corrected chi connectivity index (χ0v) is 8.49. The molecule has 0 atom stereocenters. The molecule has 0 aliphatic heterocycles. The zero-order chi connectivity index (χ0) is 11.1. The Morgan fingerprint density at radius 2 is 1.73 bits per heavy atom. The molecule has 0 fully saturated rings. The predicted molar refractivity (Wildman–Crippen MR) is 56.3 cm³/mol. The minimum Gasteiger partial charge on any atom is -0.744 e. The molecule has 5 heteroatoms. The summed E-state index contributed by atoms with van der Waals surface area (Å²) in [6.45, 7) is 0. The molecule has 0 aromatic heterocycles. The third-order valence-electron chi connectivity index (χ3n) is 2.20. The molecular weight excluding hydrogens is 214 g/mol. The molecule has 2 aromatic carbocycles. The zero-order valence-electron chi connectivity index (χ0n) is 7.67. The van der Waals surface area contributed by atoms with Crippen LogP contribution < -0.4 is 5.73 Å². The van der Waals surface area contributed by atoms with E-state index in [1.165, 1.54) is 6.07 Å². The fraction of sp³-hybridized carbons (Fsp3) is 0. The average Bonchev–Trinajstić information content (AvgIpc) is 2.16. The summed E-state index contributed by atoms with van der Waals surface area (Å²) in [5, 5.41) is 1.39. The lowest BCUT2D eigenvalue weighted by Crippen LogP contribution is -2.03. The van der Waals surface area contributed by atoms with Crippen molar-refractivity contribution in [3.63, 3.8) is 0 Å². The van der Waals surface area contributed by atoms with Gasteiger partial charge < -0.3 is 10.3 Å². The van der Waals surface area contributed by atoms with Gasteiger partial charge in [-0.2, -0.15) is 0 Å². The maximum absolute atomic E-state index is 10.9. The first-order valence-corrected chi connectivity index (χ1v) is 5.64. The molecule has 0 spiro atoms.